The van der Waals surface area contributed by atoms with Crippen molar-refractivity contribution < 1.29 is 19.1 Å². The maximum absolute atomic E-state index is 12.1. The van der Waals surface area contributed by atoms with Gasteiger partial charge in [0, 0.05) is 5.92 Å². The van der Waals surface area contributed by atoms with Gasteiger partial charge in [0.1, 0.15) is 0 Å². The summed E-state index contributed by atoms with van der Waals surface area (Å²) in [5, 5.41) is 0. The second-order valence-electron chi connectivity index (χ2n) is 4.15. The molecule has 0 aromatic heterocycles. The van der Waals surface area contributed by atoms with Gasteiger partial charge in [0.15, 0.2) is 5.92 Å². The number of esters is 2. The van der Waals surface area contributed by atoms with Crippen LogP contribution in [0.5, 0.6) is 0 Å². The van der Waals surface area contributed by atoms with Gasteiger partial charge in [-0.05, 0) is 19.4 Å². The predicted octanol–water partition coefficient (Wildman–Crippen LogP) is 2.70. The standard InChI is InChI=1S/C16H20O4/c1-4-13(12-10-8-7-9-11-12)14(15(17)19-5-2)16(18)20-6-3/h4,7-11,13-14H,1,5-6H2,2-3H3/t13-/m0/s1. The molecule has 0 spiro atoms. The van der Waals surface area contributed by atoms with Crippen molar-refractivity contribution >= 4 is 11.9 Å². The molecular formula is C16H20O4. The predicted molar refractivity (Wildman–Crippen MR) is 76.1 cm³/mol. The van der Waals surface area contributed by atoms with Crippen LogP contribution in [-0.2, 0) is 19.1 Å². The number of hydrogen-bond acceptors (Lipinski definition) is 4. The SMILES string of the molecule is C=C[C@@H](c1ccccc1)C(C(=O)OCC)C(=O)OCC. The summed E-state index contributed by atoms with van der Waals surface area (Å²) in [6.07, 6.45) is 1.58. The van der Waals surface area contributed by atoms with Gasteiger partial charge in [0.05, 0.1) is 13.2 Å². The van der Waals surface area contributed by atoms with Crippen molar-refractivity contribution in [3.05, 3.63) is 48.6 Å². The summed E-state index contributed by atoms with van der Waals surface area (Å²) in [6, 6.07) is 9.25. The third-order valence-electron chi connectivity index (χ3n) is 2.88. The molecule has 0 saturated carbocycles. The molecule has 1 aromatic carbocycles. The van der Waals surface area contributed by atoms with Gasteiger partial charge < -0.3 is 9.47 Å². The highest BCUT2D eigenvalue weighted by atomic mass is 16.6. The van der Waals surface area contributed by atoms with E-state index in [9.17, 15) is 9.59 Å². The van der Waals surface area contributed by atoms with Gasteiger partial charge >= 0.3 is 11.9 Å². The van der Waals surface area contributed by atoms with Crippen LogP contribution in [0.25, 0.3) is 0 Å². The van der Waals surface area contributed by atoms with E-state index in [0.29, 0.717) is 0 Å². The fourth-order valence-electron chi connectivity index (χ4n) is 1.99. The summed E-state index contributed by atoms with van der Waals surface area (Å²) < 4.78 is 9.98. The third-order valence-corrected chi connectivity index (χ3v) is 2.88. The summed E-state index contributed by atoms with van der Waals surface area (Å²) in [7, 11) is 0. The van der Waals surface area contributed by atoms with Gasteiger partial charge in [-0.2, -0.15) is 0 Å². The van der Waals surface area contributed by atoms with E-state index in [1.807, 2.05) is 30.3 Å². The lowest BCUT2D eigenvalue weighted by Crippen LogP contribution is -2.32. The number of ether oxygens (including phenoxy) is 2. The van der Waals surface area contributed by atoms with E-state index in [-0.39, 0.29) is 13.2 Å². The van der Waals surface area contributed by atoms with Crippen LogP contribution in [0.15, 0.2) is 43.0 Å². The first kappa shape index (κ1) is 16.0. The summed E-state index contributed by atoms with van der Waals surface area (Å²) in [4.78, 5) is 24.1. The molecule has 4 heteroatoms. The van der Waals surface area contributed by atoms with Crippen LogP contribution in [0.1, 0.15) is 25.3 Å². The fourth-order valence-corrected chi connectivity index (χ4v) is 1.99. The maximum Gasteiger partial charge on any atom is 0.321 e. The van der Waals surface area contributed by atoms with Gasteiger partial charge in [-0.1, -0.05) is 36.4 Å². The van der Waals surface area contributed by atoms with Gasteiger partial charge in [-0.25, -0.2) is 0 Å². The summed E-state index contributed by atoms with van der Waals surface area (Å²) >= 11 is 0. The van der Waals surface area contributed by atoms with Crippen LogP contribution in [0.4, 0.5) is 0 Å². The molecule has 20 heavy (non-hydrogen) atoms. The molecule has 0 bridgehead atoms. The summed E-state index contributed by atoms with van der Waals surface area (Å²) in [5.41, 5.74) is 0.827. The van der Waals surface area contributed by atoms with Crippen LogP contribution in [-0.4, -0.2) is 25.2 Å². The lowest BCUT2D eigenvalue weighted by atomic mass is 9.86. The Hall–Kier alpha value is -2.10. The average Bonchev–Trinajstić information content (AvgIpc) is 2.45. The first-order chi connectivity index (χ1) is 9.65. The largest absolute Gasteiger partial charge is 0.465 e. The minimum absolute atomic E-state index is 0.216. The van der Waals surface area contributed by atoms with Gasteiger partial charge in [0.2, 0.25) is 0 Å². The molecule has 0 fully saturated rings. The van der Waals surface area contributed by atoms with Crippen LogP contribution in [0, 0.1) is 5.92 Å². The van der Waals surface area contributed by atoms with E-state index in [2.05, 4.69) is 6.58 Å². The van der Waals surface area contributed by atoms with Crippen LogP contribution in [0.2, 0.25) is 0 Å². The molecule has 0 heterocycles. The normalized spacial score (nSPS) is 11.8. The number of allylic oxidation sites excluding steroid dienone is 1. The smallest absolute Gasteiger partial charge is 0.321 e. The molecule has 1 rings (SSSR count). The lowest BCUT2D eigenvalue weighted by Gasteiger charge is -2.21. The molecule has 0 radical (unpaired) electrons. The van der Waals surface area contributed by atoms with E-state index in [1.165, 1.54) is 0 Å². The van der Waals surface area contributed by atoms with E-state index in [1.54, 1.807) is 19.9 Å². The number of carbonyl (C=O) groups excluding carboxylic acids is 2. The molecule has 0 aliphatic carbocycles. The quantitative estimate of drug-likeness (QED) is 0.436. The number of carbonyl (C=O) groups is 2. The van der Waals surface area contributed by atoms with Gasteiger partial charge in [-0.3, -0.25) is 9.59 Å². The highest BCUT2D eigenvalue weighted by molar-refractivity contribution is 5.96. The van der Waals surface area contributed by atoms with E-state index in [0.717, 1.165) is 5.56 Å². The Bertz CT molecular complexity index is 435. The summed E-state index contributed by atoms with van der Waals surface area (Å²) in [6.45, 7) is 7.56. The zero-order valence-electron chi connectivity index (χ0n) is 11.9. The number of rotatable bonds is 7. The molecule has 0 N–H and O–H groups in total. The Kier molecular flexibility index (Phi) is 6.50. The van der Waals surface area contributed by atoms with Crippen molar-refractivity contribution in [2.24, 2.45) is 5.92 Å². The van der Waals surface area contributed by atoms with Crippen molar-refractivity contribution in [2.75, 3.05) is 13.2 Å². The van der Waals surface area contributed by atoms with Crippen molar-refractivity contribution in [1.82, 2.24) is 0 Å². The highest BCUT2D eigenvalue weighted by Crippen LogP contribution is 2.28. The van der Waals surface area contributed by atoms with Crippen molar-refractivity contribution in [2.45, 2.75) is 19.8 Å². The molecule has 1 aromatic rings. The zero-order chi connectivity index (χ0) is 15.0. The Morgan fingerprint density at radius 3 is 2.00 bits per heavy atom. The molecular weight excluding hydrogens is 256 g/mol. The van der Waals surface area contributed by atoms with Gasteiger partial charge in [0.25, 0.3) is 0 Å². The minimum Gasteiger partial charge on any atom is -0.465 e. The average molecular weight is 276 g/mol. The molecule has 0 aliphatic heterocycles. The van der Waals surface area contributed by atoms with Gasteiger partial charge in [-0.15, -0.1) is 6.58 Å². The van der Waals surface area contributed by atoms with Crippen molar-refractivity contribution in [3.63, 3.8) is 0 Å². The molecule has 4 nitrogen and oxygen atoms in total. The second kappa shape index (κ2) is 8.15. The summed E-state index contributed by atoms with van der Waals surface area (Å²) in [5.74, 6) is -2.65. The van der Waals surface area contributed by atoms with Crippen LogP contribution >= 0.6 is 0 Å². The Labute approximate surface area is 119 Å². The minimum atomic E-state index is -1.02. The van der Waals surface area contributed by atoms with Crippen LogP contribution in [0.3, 0.4) is 0 Å². The first-order valence-electron chi connectivity index (χ1n) is 6.66. The lowest BCUT2D eigenvalue weighted by molar-refractivity contribution is -0.162. The third kappa shape index (κ3) is 3.95. The fraction of sp³-hybridized carbons (Fsp3) is 0.375. The zero-order valence-corrected chi connectivity index (χ0v) is 11.9. The molecule has 0 amide bonds. The highest BCUT2D eigenvalue weighted by Gasteiger charge is 2.36. The Morgan fingerprint density at radius 1 is 1.10 bits per heavy atom. The number of benzene rings is 1. The second-order valence-corrected chi connectivity index (χ2v) is 4.15. The number of hydrogen-bond donors (Lipinski definition) is 0. The molecule has 1 atom stereocenters. The Balaban J connectivity index is 3.09. The molecule has 0 unspecified atom stereocenters. The maximum atomic E-state index is 12.1. The molecule has 0 aliphatic rings. The van der Waals surface area contributed by atoms with Crippen LogP contribution < -0.4 is 0 Å². The van der Waals surface area contributed by atoms with Crippen molar-refractivity contribution in [3.8, 4) is 0 Å². The monoisotopic (exact) mass is 276 g/mol. The topological polar surface area (TPSA) is 52.6 Å². The van der Waals surface area contributed by atoms with E-state index in [4.69, 9.17) is 9.47 Å². The Morgan fingerprint density at radius 2 is 1.60 bits per heavy atom. The molecule has 0 saturated heterocycles. The first-order valence-corrected chi connectivity index (χ1v) is 6.66. The van der Waals surface area contributed by atoms with E-state index >= 15 is 0 Å². The molecule has 108 valence electrons. The van der Waals surface area contributed by atoms with Crippen molar-refractivity contribution in [1.29, 1.82) is 0 Å². The van der Waals surface area contributed by atoms with E-state index < -0.39 is 23.8 Å².